The second-order valence-electron chi connectivity index (χ2n) is 4.84. The molecule has 5 heteroatoms. The van der Waals surface area contributed by atoms with E-state index < -0.39 is 0 Å². The molecule has 0 spiro atoms. The van der Waals surface area contributed by atoms with Crippen LogP contribution in [0.2, 0.25) is 0 Å². The number of ether oxygens (including phenoxy) is 2. The van der Waals surface area contributed by atoms with Crippen LogP contribution >= 0.6 is 0 Å². The summed E-state index contributed by atoms with van der Waals surface area (Å²) in [5.74, 6) is 0.974. The van der Waals surface area contributed by atoms with Gasteiger partial charge in [-0.3, -0.25) is 0 Å². The first-order valence-electron chi connectivity index (χ1n) is 7.76. The third kappa shape index (κ3) is 6.42. The van der Waals surface area contributed by atoms with Crippen LogP contribution in [-0.4, -0.2) is 51.5 Å². The van der Waals surface area contributed by atoms with Crippen LogP contribution in [0.15, 0.2) is 18.3 Å². The normalized spacial score (nSPS) is 12.4. The summed E-state index contributed by atoms with van der Waals surface area (Å²) in [5, 5.41) is 3.22. The fourth-order valence-corrected chi connectivity index (χ4v) is 1.99. The monoisotopic (exact) mass is 295 g/mol. The lowest BCUT2D eigenvalue weighted by Gasteiger charge is -2.24. The van der Waals surface area contributed by atoms with E-state index in [1.165, 1.54) is 5.56 Å². The summed E-state index contributed by atoms with van der Waals surface area (Å²) >= 11 is 0. The van der Waals surface area contributed by atoms with Crippen molar-refractivity contribution in [3.05, 3.63) is 23.9 Å². The molecule has 0 bridgehead atoms. The largest absolute Gasteiger partial charge is 0.380 e. The summed E-state index contributed by atoms with van der Waals surface area (Å²) < 4.78 is 10.9. The zero-order chi connectivity index (χ0) is 15.5. The molecule has 0 radical (unpaired) electrons. The molecule has 21 heavy (non-hydrogen) atoms. The van der Waals surface area contributed by atoms with E-state index in [0.717, 1.165) is 32.1 Å². The second-order valence-corrected chi connectivity index (χ2v) is 4.84. The Morgan fingerprint density at radius 3 is 2.19 bits per heavy atom. The SMILES string of the molecule is CCOCCN(CCOCC)c1ccc(C(C)NC)cn1. The lowest BCUT2D eigenvalue weighted by atomic mass is 10.1. The number of hydrogen-bond acceptors (Lipinski definition) is 5. The quantitative estimate of drug-likeness (QED) is 0.634. The highest BCUT2D eigenvalue weighted by atomic mass is 16.5. The summed E-state index contributed by atoms with van der Waals surface area (Å²) in [6, 6.07) is 4.51. The molecule has 120 valence electrons. The summed E-state index contributed by atoms with van der Waals surface area (Å²) in [6.45, 7) is 10.7. The van der Waals surface area contributed by atoms with E-state index in [1.807, 2.05) is 27.1 Å². The van der Waals surface area contributed by atoms with Gasteiger partial charge in [0, 0.05) is 38.5 Å². The highest BCUT2D eigenvalue weighted by Crippen LogP contribution is 2.15. The van der Waals surface area contributed by atoms with Gasteiger partial charge in [0.1, 0.15) is 5.82 Å². The molecule has 1 unspecified atom stereocenters. The molecule has 0 aliphatic rings. The van der Waals surface area contributed by atoms with Crippen LogP contribution in [0.3, 0.4) is 0 Å². The molecular formula is C16H29N3O2. The Bertz CT molecular complexity index is 360. The highest BCUT2D eigenvalue weighted by molar-refractivity contribution is 5.39. The average molecular weight is 295 g/mol. The Labute approximate surface area is 128 Å². The lowest BCUT2D eigenvalue weighted by molar-refractivity contribution is 0.141. The molecule has 1 atom stereocenters. The average Bonchev–Trinajstić information content (AvgIpc) is 2.53. The van der Waals surface area contributed by atoms with Crippen molar-refractivity contribution in [3.8, 4) is 0 Å². The van der Waals surface area contributed by atoms with Gasteiger partial charge >= 0.3 is 0 Å². The molecule has 1 aromatic rings. The van der Waals surface area contributed by atoms with Crippen molar-refractivity contribution in [2.75, 3.05) is 51.5 Å². The van der Waals surface area contributed by atoms with Crippen molar-refractivity contribution in [1.82, 2.24) is 10.3 Å². The van der Waals surface area contributed by atoms with Gasteiger partial charge in [-0.1, -0.05) is 6.07 Å². The molecule has 0 amide bonds. The molecule has 0 saturated carbocycles. The zero-order valence-corrected chi connectivity index (χ0v) is 13.8. The third-order valence-electron chi connectivity index (χ3n) is 3.45. The van der Waals surface area contributed by atoms with E-state index in [9.17, 15) is 0 Å². The van der Waals surface area contributed by atoms with E-state index in [-0.39, 0.29) is 0 Å². The summed E-state index contributed by atoms with van der Waals surface area (Å²) in [4.78, 5) is 6.79. The molecule has 1 heterocycles. The van der Waals surface area contributed by atoms with Gasteiger partial charge in [-0.2, -0.15) is 0 Å². The Kier molecular flexibility index (Phi) is 8.98. The minimum atomic E-state index is 0.312. The maximum Gasteiger partial charge on any atom is 0.128 e. The lowest BCUT2D eigenvalue weighted by Crippen LogP contribution is -2.31. The Morgan fingerprint density at radius 1 is 1.14 bits per heavy atom. The molecule has 0 saturated heterocycles. The topological polar surface area (TPSA) is 46.6 Å². The highest BCUT2D eigenvalue weighted by Gasteiger charge is 2.09. The molecule has 0 aliphatic heterocycles. The number of aromatic nitrogens is 1. The van der Waals surface area contributed by atoms with Crippen LogP contribution in [-0.2, 0) is 9.47 Å². The van der Waals surface area contributed by atoms with Gasteiger partial charge < -0.3 is 19.7 Å². The van der Waals surface area contributed by atoms with Crippen LogP contribution < -0.4 is 10.2 Å². The van der Waals surface area contributed by atoms with Crippen LogP contribution in [0.25, 0.3) is 0 Å². The van der Waals surface area contributed by atoms with E-state index >= 15 is 0 Å². The standard InChI is InChI=1S/C16H29N3O2/c1-5-20-11-9-19(10-12-21-6-2)16-8-7-15(13-18-16)14(3)17-4/h7-8,13-14,17H,5-6,9-12H2,1-4H3. The minimum absolute atomic E-state index is 0.312. The Hall–Kier alpha value is -1.17. The van der Waals surface area contributed by atoms with Crippen molar-refractivity contribution in [1.29, 1.82) is 0 Å². The first-order chi connectivity index (χ1) is 10.2. The number of nitrogens with one attached hydrogen (secondary N) is 1. The van der Waals surface area contributed by atoms with Crippen LogP contribution in [0, 0.1) is 0 Å². The van der Waals surface area contributed by atoms with Gasteiger partial charge in [-0.25, -0.2) is 4.98 Å². The van der Waals surface area contributed by atoms with Crippen LogP contribution in [0.5, 0.6) is 0 Å². The number of pyridine rings is 1. The van der Waals surface area contributed by atoms with E-state index in [4.69, 9.17) is 9.47 Å². The van der Waals surface area contributed by atoms with Crippen molar-refractivity contribution in [2.24, 2.45) is 0 Å². The molecular weight excluding hydrogens is 266 g/mol. The predicted octanol–water partition coefficient (Wildman–Crippen LogP) is 2.24. The summed E-state index contributed by atoms with van der Waals surface area (Å²) in [5.41, 5.74) is 1.19. The van der Waals surface area contributed by atoms with E-state index in [1.54, 1.807) is 0 Å². The van der Waals surface area contributed by atoms with Gasteiger partial charge in [0.15, 0.2) is 0 Å². The first kappa shape index (κ1) is 17.9. The fraction of sp³-hybridized carbons (Fsp3) is 0.688. The number of anilines is 1. The maximum atomic E-state index is 5.45. The number of rotatable bonds is 11. The van der Waals surface area contributed by atoms with Crippen LogP contribution in [0.1, 0.15) is 32.4 Å². The van der Waals surface area contributed by atoms with Crippen molar-refractivity contribution >= 4 is 5.82 Å². The maximum absolute atomic E-state index is 5.45. The summed E-state index contributed by atoms with van der Waals surface area (Å²) in [7, 11) is 1.95. The van der Waals surface area contributed by atoms with Crippen molar-refractivity contribution in [3.63, 3.8) is 0 Å². The second kappa shape index (κ2) is 10.5. The predicted molar refractivity (Wildman–Crippen MR) is 86.9 cm³/mol. The van der Waals surface area contributed by atoms with Gasteiger partial charge in [-0.05, 0) is 39.4 Å². The molecule has 0 aromatic carbocycles. The third-order valence-corrected chi connectivity index (χ3v) is 3.45. The molecule has 1 aromatic heterocycles. The Morgan fingerprint density at radius 2 is 1.76 bits per heavy atom. The molecule has 1 rings (SSSR count). The fourth-order valence-electron chi connectivity index (χ4n) is 1.99. The molecule has 5 nitrogen and oxygen atoms in total. The molecule has 0 fully saturated rings. The van der Waals surface area contributed by atoms with Crippen LogP contribution in [0.4, 0.5) is 5.82 Å². The van der Waals surface area contributed by atoms with Crippen molar-refractivity contribution in [2.45, 2.75) is 26.8 Å². The van der Waals surface area contributed by atoms with Gasteiger partial charge in [-0.15, -0.1) is 0 Å². The zero-order valence-electron chi connectivity index (χ0n) is 13.8. The number of nitrogens with zero attached hydrogens (tertiary/aromatic N) is 2. The minimum Gasteiger partial charge on any atom is -0.380 e. The summed E-state index contributed by atoms with van der Waals surface area (Å²) in [6.07, 6.45) is 1.94. The van der Waals surface area contributed by atoms with E-state index in [0.29, 0.717) is 19.3 Å². The van der Waals surface area contributed by atoms with Gasteiger partial charge in [0.25, 0.3) is 0 Å². The first-order valence-corrected chi connectivity index (χ1v) is 7.76. The molecule has 1 N–H and O–H groups in total. The Balaban J connectivity index is 2.66. The number of hydrogen-bond donors (Lipinski definition) is 1. The van der Waals surface area contributed by atoms with Gasteiger partial charge in [0.05, 0.1) is 13.2 Å². The smallest absolute Gasteiger partial charge is 0.128 e. The van der Waals surface area contributed by atoms with Gasteiger partial charge in [0.2, 0.25) is 0 Å². The molecule has 0 aliphatic carbocycles. The van der Waals surface area contributed by atoms with Crippen molar-refractivity contribution < 1.29 is 9.47 Å². The van der Waals surface area contributed by atoms with E-state index in [2.05, 4.69) is 34.3 Å².